The van der Waals surface area contributed by atoms with Crippen LogP contribution in [0.15, 0.2) is 36.5 Å². The summed E-state index contributed by atoms with van der Waals surface area (Å²) in [5.74, 6) is -0.569. The molecule has 1 nitrogen and oxygen atoms in total. The van der Waals surface area contributed by atoms with Gasteiger partial charge in [0.2, 0.25) is 0 Å². The van der Waals surface area contributed by atoms with E-state index in [0.717, 1.165) is 18.3 Å². The van der Waals surface area contributed by atoms with Gasteiger partial charge in [0, 0.05) is 11.9 Å². The monoisotopic (exact) mass is 273 g/mol. The molecule has 0 aliphatic heterocycles. The molecule has 0 saturated carbocycles. The summed E-state index contributed by atoms with van der Waals surface area (Å²) in [6.45, 7) is 0. The van der Waals surface area contributed by atoms with Gasteiger partial charge in [0.05, 0.1) is 10.1 Å². The van der Waals surface area contributed by atoms with Gasteiger partial charge in [-0.2, -0.15) is 13.2 Å². The molecule has 2 rings (SSSR count). The molecule has 1 heterocycles. The highest BCUT2D eigenvalue weighted by molar-refractivity contribution is 7.71. The second kappa shape index (κ2) is 4.53. The van der Waals surface area contributed by atoms with Crippen LogP contribution in [0.1, 0.15) is 5.56 Å². The van der Waals surface area contributed by atoms with Crippen molar-refractivity contribution in [2.45, 2.75) is 6.18 Å². The van der Waals surface area contributed by atoms with E-state index in [4.69, 9.17) is 12.2 Å². The van der Waals surface area contributed by atoms with E-state index in [0.29, 0.717) is 11.3 Å². The van der Waals surface area contributed by atoms with Crippen LogP contribution in [0.3, 0.4) is 0 Å². The van der Waals surface area contributed by atoms with E-state index in [9.17, 15) is 17.6 Å². The minimum atomic E-state index is -4.37. The molecule has 0 spiro atoms. The zero-order chi connectivity index (χ0) is 13.3. The van der Waals surface area contributed by atoms with Crippen molar-refractivity contribution in [2.24, 2.45) is 0 Å². The zero-order valence-corrected chi connectivity index (χ0v) is 9.70. The molecule has 0 aliphatic carbocycles. The molecule has 0 fully saturated rings. The van der Waals surface area contributed by atoms with Gasteiger partial charge in [0.1, 0.15) is 0 Å². The Morgan fingerprint density at radius 1 is 1.06 bits per heavy atom. The maximum absolute atomic E-state index is 13.0. The molecule has 1 N–H and O–H groups in total. The Morgan fingerprint density at radius 3 is 2.17 bits per heavy atom. The van der Waals surface area contributed by atoms with Crippen LogP contribution >= 0.6 is 12.2 Å². The molecule has 0 amide bonds. The van der Waals surface area contributed by atoms with E-state index in [-0.39, 0.29) is 4.51 Å². The van der Waals surface area contributed by atoms with Gasteiger partial charge < -0.3 is 4.98 Å². The molecule has 2 aromatic rings. The number of halogens is 4. The number of aromatic nitrogens is 1. The van der Waals surface area contributed by atoms with Crippen LogP contribution < -0.4 is 0 Å². The van der Waals surface area contributed by atoms with Crippen molar-refractivity contribution in [2.75, 3.05) is 0 Å². The molecule has 94 valence electrons. The Hall–Kier alpha value is -1.69. The van der Waals surface area contributed by atoms with Crippen molar-refractivity contribution in [3.8, 4) is 11.3 Å². The number of pyridine rings is 1. The third-order valence-electron chi connectivity index (χ3n) is 2.39. The van der Waals surface area contributed by atoms with Crippen molar-refractivity contribution >= 4 is 12.2 Å². The topological polar surface area (TPSA) is 15.8 Å². The quantitative estimate of drug-likeness (QED) is 0.594. The standard InChI is InChI=1S/C12H7F4NS/c13-9-6-17-10(5-11(9)18)7-1-3-8(4-2-7)12(14,15)16/h1-6H,(H,17,18). The molecular weight excluding hydrogens is 266 g/mol. The van der Waals surface area contributed by atoms with E-state index in [1.54, 1.807) is 0 Å². The van der Waals surface area contributed by atoms with Crippen LogP contribution in [0.4, 0.5) is 17.6 Å². The molecule has 6 heteroatoms. The maximum Gasteiger partial charge on any atom is 0.416 e. The third kappa shape index (κ3) is 2.59. The fourth-order valence-electron chi connectivity index (χ4n) is 1.46. The van der Waals surface area contributed by atoms with Crippen molar-refractivity contribution in [3.63, 3.8) is 0 Å². The number of hydrogen-bond donors (Lipinski definition) is 1. The lowest BCUT2D eigenvalue weighted by molar-refractivity contribution is -0.137. The Kier molecular flexibility index (Phi) is 3.21. The van der Waals surface area contributed by atoms with Crippen LogP contribution in [0.2, 0.25) is 0 Å². The van der Waals surface area contributed by atoms with Crippen LogP contribution in [0.5, 0.6) is 0 Å². The normalized spacial score (nSPS) is 11.6. The molecule has 1 aromatic heterocycles. The zero-order valence-electron chi connectivity index (χ0n) is 8.88. The summed E-state index contributed by atoms with van der Waals surface area (Å²) in [6, 6.07) is 5.92. The second-order valence-corrected chi connectivity index (χ2v) is 4.07. The van der Waals surface area contributed by atoms with Crippen molar-refractivity contribution < 1.29 is 17.6 Å². The van der Waals surface area contributed by atoms with Crippen molar-refractivity contribution in [3.05, 3.63) is 52.4 Å². The predicted molar refractivity (Wildman–Crippen MR) is 62.0 cm³/mol. The summed E-state index contributed by atoms with van der Waals surface area (Å²) in [7, 11) is 0. The highest BCUT2D eigenvalue weighted by atomic mass is 32.1. The number of alkyl halides is 3. The van der Waals surface area contributed by atoms with Crippen LogP contribution in [0, 0.1) is 10.3 Å². The number of benzene rings is 1. The largest absolute Gasteiger partial charge is 0.416 e. The molecule has 0 radical (unpaired) electrons. The molecule has 0 unspecified atom stereocenters. The highest BCUT2D eigenvalue weighted by Gasteiger charge is 2.29. The SMILES string of the molecule is Fc1c[nH]c(-c2ccc(C(F)(F)F)cc2)cc1=S. The van der Waals surface area contributed by atoms with Gasteiger partial charge in [-0.25, -0.2) is 4.39 Å². The molecule has 0 saturated heterocycles. The van der Waals surface area contributed by atoms with Gasteiger partial charge in [-0.3, -0.25) is 0 Å². The number of aromatic amines is 1. The average molecular weight is 273 g/mol. The van der Waals surface area contributed by atoms with Crippen LogP contribution in [-0.4, -0.2) is 4.98 Å². The number of hydrogen-bond acceptors (Lipinski definition) is 1. The number of nitrogens with one attached hydrogen (secondary N) is 1. The lowest BCUT2D eigenvalue weighted by Gasteiger charge is -2.07. The smallest absolute Gasteiger partial charge is 0.359 e. The number of H-pyrrole nitrogens is 1. The van der Waals surface area contributed by atoms with E-state index >= 15 is 0 Å². The minimum Gasteiger partial charge on any atom is -0.359 e. The summed E-state index contributed by atoms with van der Waals surface area (Å²) < 4.78 is 50.1. The number of rotatable bonds is 1. The predicted octanol–water partition coefficient (Wildman–Crippen LogP) is 4.57. The van der Waals surface area contributed by atoms with Gasteiger partial charge >= 0.3 is 6.18 Å². The molecule has 0 atom stereocenters. The fraction of sp³-hybridized carbons (Fsp3) is 0.0833. The lowest BCUT2D eigenvalue weighted by Crippen LogP contribution is -2.04. The Labute approximate surface area is 105 Å². The molecule has 1 aromatic carbocycles. The van der Waals surface area contributed by atoms with Crippen LogP contribution in [-0.2, 0) is 6.18 Å². The van der Waals surface area contributed by atoms with Gasteiger partial charge in [0.25, 0.3) is 0 Å². The van der Waals surface area contributed by atoms with Gasteiger partial charge in [0.15, 0.2) is 5.82 Å². The average Bonchev–Trinajstić information content (AvgIpc) is 2.32. The minimum absolute atomic E-state index is 0.0173. The first-order valence-electron chi connectivity index (χ1n) is 4.94. The lowest BCUT2D eigenvalue weighted by atomic mass is 10.1. The van der Waals surface area contributed by atoms with Crippen LogP contribution in [0.25, 0.3) is 11.3 Å². The first-order valence-corrected chi connectivity index (χ1v) is 5.34. The Morgan fingerprint density at radius 2 is 1.67 bits per heavy atom. The third-order valence-corrected chi connectivity index (χ3v) is 2.70. The molecule has 0 bridgehead atoms. The maximum atomic E-state index is 13.0. The second-order valence-electron chi connectivity index (χ2n) is 3.63. The summed E-state index contributed by atoms with van der Waals surface area (Å²) in [6.07, 6.45) is -3.29. The first-order chi connectivity index (χ1) is 8.38. The van der Waals surface area contributed by atoms with Gasteiger partial charge in [-0.15, -0.1) is 0 Å². The van der Waals surface area contributed by atoms with Gasteiger partial charge in [-0.1, -0.05) is 24.4 Å². The Bertz CT molecular complexity index is 613. The summed E-state index contributed by atoms with van der Waals surface area (Å²) in [5, 5.41) is 0. The van der Waals surface area contributed by atoms with E-state index < -0.39 is 17.6 Å². The molecule has 18 heavy (non-hydrogen) atoms. The van der Waals surface area contributed by atoms with E-state index in [1.165, 1.54) is 18.2 Å². The van der Waals surface area contributed by atoms with E-state index in [1.807, 2.05) is 0 Å². The summed E-state index contributed by atoms with van der Waals surface area (Å²) >= 11 is 4.75. The molecular formula is C12H7F4NS. The summed E-state index contributed by atoms with van der Waals surface area (Å²) in [4.78, 5) is 2.63. The van der Waals surface area contributed by atoms with Crippen molar-refractivity contribution in [1.82, 2.24) is 4.98 Å². The Balaban J connectivity index is 2.40. The fourth-order valence-corrected chi connectivity index (χ4v) is 1.64. The van der Waals surface area contributed by atoms with Crippen molar-refractivity contribution in [1.29, 1.82) is 0 Å². The van der Waals surface area contributed by atoms with E-state index in [2.05, 4.69) is 4.98 Å². The summed E-state index contributed by atoms with van der Waals surface area (Å²) in [5.41, 5.74) is 0.246. The molecule has 0 aliphatic rings. The first kappa shape index (κ1) is 12.8. The van der Waals surface area contributed by atoms with Gasteiger partial charge in [-0.05, 0) is 23.8 Å². The highest BCUT2D eigenvalue weighted by Crippen LogP contribution is 2.30.